The van der Waals surface area contributed by atoms with Crippen LogP contribution in [-0.2, 0) is 9.53 Å². The van der Waals surface area contributed by atoms with E-state index in [0.29, 0.717) is 21.4 Å². The number of hydrogen-bond acceptors (Lipinski definition) is 4. The van der Waals surface area contributed by atoms with E-state index in [4.69, 9.17) is 32.7 Å². The number of hydrogen-bond donors (Lipinski definition) is 0. The van der Waals surface area contributed by atoms with Gasteiger partial charge in [-0.05, 0) is 53.3 Å². The Bertz CT molecular complexity index is 1300. The number of ether oxygens (including phenoxy) is 2. The van der Waals surface area contributed by atoms with Crippen LogP contribution in [0.25, 0.3) is 5.03 Å². The molecule has 1 aliphatic carbocycles. The minimum atomic E-state index is -1.21. The molecule has 7 heteroatoms. The van der Waals surface area contributed by atoms with E-state index in [1.165, 1.54) is 18.2 Å². The largest absolute Gasteiger partial charge is 0.454 e. The molecule has 0 amide bonds. The summed E-state index contributed by atoms with van der Waals surface area (Å²) in [6, 6.07) is 21.7. The van der Waals surface area contributed by atoms with Crippen molar-refractivity contribution in [1.82, 2.24) is 0 Å². The quantitative estimate of drug-likeness (QED) is 0.303. The topological polar surface area (TPSA) is 59.3 Å². The molecule has 4 rings (SSSR count). The van der Waals surface area contributed by atoms with E-state index in [1.807, 2.05) is 32.1 Å². The standard InChI is InChI=1S/C28H22Cl2FNO3/c1-28(2)21(15-22(30)17-8-11-19(29)12-9-17)26(28)27(33)35-25(16-32)18-10-13-23(31)24(14-18)34-20-6-4-3-5-7-20/h3-15,21,25-26H,1-2H3/b22-15-/t21-,25?,26+/m1/s1. The van der Waals surface area contributed by atoms with Gasteiger partial charge in [-0.2, -0.15) is 5.26 Å². The molecule has 1 unspecified atom stereocenters. The molecule has 3 aromatic rings. The Labute approximate surface area is 213 Å². The number of carbonyl (C=O) groups excluding carboxylic acids is 1. The van der Waals surface area contributed by atoms with Gasteiger partial charge in [0.25, 0.3) is 0 Å². The van der Waals surface area contributed by atoms with Gasteiger partial charge in [-0.1, -0.05) is 79.5 Å². The molecule has 1 saturated carbocycles. The van der Waals surface area contributed by atoms with Gasteiger partial charge in [-0.15, -0.1) is 0 Å². The lowest BCUT2D eigenvalue weighted by Gasteiger charge is -2.14. The maximum absolute atomic E-state index is 14.3. The predicted molar refractivity (Wildman–Crippen MR) is 133 cm³/mol. The summed E-state index contributed by atoms with van der Waals surface area (Å²) < 4.78 is 25.5. The van der Waals surface area contributed by atoms with Gasteiger partial charge < -0.3 is 9.47 Å². The normalized spacial score (nSPS) is 19.4. The second-order valence-corrected chi connectivity index (χ2v) is 9.74. The van der Waals surface area contributed by atoms with Crippen LogP contribution in [0.4, 0.5) is 4.39 Å². The lowest BCUT2D eigenvalue weighted by atomic mass is 10.1. The van der Waals surface area contributed by atoms with Gasteiger partial charge in [0.15, 0.2) is 11.6 Å². The molecular weight excluding hydrogens is 488 g/mol. The number of esters is 1. The molecule has 0 heterocycles. The number of carbonyl (C=O) groups is 1. The Morgan fingerprint density at radius 1 is 1.11 bits per heavy atom. The zero-order valence-electron chi connectivity index (χ0n) is 19.0. The number of rotatable bonds is 7. The number of nitriles is 1. The fraction of sp³-hybridized carbons (Fsp3) is 0.214. The van der Waals surface area contributed by atoms with Crippen molar-refractivity contribution in [2.45, 2.75) is 20.0 Å². The van der Waals surface area contributed by atoms with Gasteiger partial charge in [-0.25, -0.2) is 4.39 Å². The van der Waals surface area contributed by atoms with Gasteiger partial charge >= 0.3 is 5.97 Å². The Balaban J connectivity index is 1.49. The SMILES string of the molecule is CC1(C)[C@H](/C=C(\Cl)c2ccc(Cl)cc2)[C@H]1C(=O)OC(C#N)c1ccc(F)c(Oc2ccccc2)c1. The smallest absolute Gasteiger partial charge is 0.311 e. The average Bonchev–Trinajstić information content (AvgIpc) is 3.39. The third-order valence-corrected chi connectivity index (χ3v) is 6.79. The van der Waals surface area contributed by atoms with Crippen LogP contribution in [0.3, 0.4) is 0 Å². The molecule has 35 heavy (non-hydrogen) atoms. The Morgan fingerprint density at radius 3 is 2.46 bits per heavy atom. The molecule has 0 radical (unpaired) electrons. The third-order valence-electron chi connectivity index (χ3n) is 6.19. The fourth-order valence-electron chi connectivity index (χ4n) is 4.04. The zero-order chi connectivity index (χ0) is 25.2. The van der Waals surface area contributed by atoms with E-state index in [-0.39, 0.29) is 11.7 Å². The number of halogens is 3. The minimum absolute atomic E-state index is 0.0627. The second kappa shape index (κ2) is 10.1. The molecule has 0 bridgehead atoms. The Morgan fingerprint density at radius 2 is 1.80 bits per heavy atom. The summed E-state index contributed by atoms with van der Waals surface area (Å²) >= 11 is 12.4. The van der Waals surface area contributed by atoms with Crippen molar-refractivity contribution < 1.29 is 18.7 Å². The first-order chi connectivity index (χ1) is 16.7. The first-order valence-electron chi connectivity index (χ1n) is 11.0. The average molecular weight is 510 g/mol. The van der Waals surface area contributed by atoms with Crippen molar-refractivity contribution in [2.24, 2.45) is 17.3 Å². The van der Waals surface area contributed by atoms with Crippen molar-refractivity contribution in [3.63, 3.8) is 0 Å². The summed E-state index contributed by atoms with van der Waals surface area (Å²) in [5.74, 6) is -1.36. The van der Waals surface area contributed by atoms with Crippen LogP contribution in [0, 0.1) is 34.4 Å². The molecule has 0 aromatic heterocycles. The van der Waals surface area contributed by atoms with Crippen LogP contribution < -0.4 is 4.74 Å². The molecule has 0 aliphatic heterocycles. The molecule has 1 fully saturated rings. The summed E-state index contributed by atoms with van der Waals surface area (Å²) in [6.07, 6.45) is 0.621. The fourth-order valence-corrected chi connectivity index (χ4v) is 4.42. The highest BCUT2D eigenvalue weighted by atomic mass is 35.5. The van der Waals surface area contributed by atoms with Crippen molar-refractivity contribution in [2.75, 3.05) is 0 Å². The molecular formula is C28H22Cl2FNO3. The van der Waals surface area contributed by atoms with Gasteiger partial charge in [0, 0.05) is 15.6 Å². The van der Waals surface area contributed by atoms with Crippen molar-refractivity contribution in [3.8, 4) is 17.6 Å². The van der Waals surface area contributed by atoms with Gasteiger partial charge in [0.05, 0.1) is 5.92 Å². The van der Waals surface area contributed by atoms with Gasteiger partial charge in [-0.3, -0.25) is 4.79 Å². The molecule has 178 valence electrons. The molecule has 1 aliphatic rings. The monoisotopic (exact) mass is 509 g/mol. The first-order valence-corrected chi connectivity index (χ1v) is 11.7. The lowest BCUT2D eigenvalue weighted by molar-refractivity contribution is -0.149. The first kappa shape index (κ1) is 24.8. The van der Waals surface area contributed by atoms with Crippen LogP contribution >= 0.6 is 23.2 Å². The van der Waals surface area contributed by atoms with E-state index in [0.717, 1.165) is 5.56 Å². The summed E-state index contributed by atoms with van der Waals surface area (Å²) in [5.41, 5.74) is 0.713. The summed E-state index contributed by atoms with van der Waals surface area (Å²) in [7, 11) is 0. The van der Waals surface area contributed by atoms with Crippen molar-refractivity contribution >= 4 is 34.2 Å². The van der Waals surface area contributed by atoms with Crippen LogP contribution in [0.2, 0.25) is 5.02 Å². The molecule has 0 saturated heterocycles. The van der Waals surface area contributed by atoms with E-state index in [9.17, 15) is 14.4 Å². The van der Waals surface area contributed by atoms with E-state index < -0.39 is 29.2 Å². The molecule has 3 atom stereocenters. The van der Waals surface area contributed by atoms with Crippen LogP contribution in [-0.4, -0.2) is 5.97 Å². The highest BCUT2D eigenvalue weighted by molar-refractivity contribution is 6.48. The summed E-state index contributed by atoms with van der Waals surface area (Å²) in [6.45, 7) is 3.88. The van der Waals surface area contributed by atoms with Gasteiger partial charge in [0.1, 0.15) is 11.8 Å². The molecule has 0 spiro atoms. The van der Waals surface area contributed by atoms with Crippen LogP contribution in [0.5, 0.6) is 11.5 Å². The Kier molecular flexibility index (Phi) is 7.16. The molecule has 4 nitrogen and oxygen atoms in total. The van der Waals surface area contributed by atoms with Crippen molar-refractivity contribution in [1.29, 1.82) is 5.26 Å². The maximum atomic E-state index is 14.3. The zero-order valence-corrected chi connectivity index (χ0v) is 20.6. The Hall–Kier alpha value is -3.33. The number of para-hydroxylation sites is 1. The number of allylic oxidation sites excluding steroid dienone is 1. The third kappa shape index (κ3) is 5.51. The van der Waals surface area contributed by atoms with Gasteiger partial charge in [0.2, 0.25) is 6.10 Å². The van der Waals surface area contributed by atoms with E-state index >= 15 is 0 Å². The minimum Gasteiger partial charge on any atom is -0.454 e. The van der Waals surface area contributed by atoms with Crippen LogP contribution in [0.15, 0.2) is 78.9 Å². The van der Waals surface area contributed by atoms with Crippen molar-refractivity contribution in [3.05, 3.63) is 101 Å². The second-order valence-electron chi connectivity index (χ2n) is 8.90. The highest BCUT2D eigenvalue weighted by Crippen LogP contribution is 2.60. The maximum Gasteiger partial charge on any atom is 0.311 e. The summed E-state index contributed by atoms with van der Waals surface area (Å²) in [5, 5.41) is 10.8. The number of nitrogens with zero attached hydrogens (tertiary/aromatic N) is 1. The van der Waals surface area contributed by atoms with Crippen LogP contribution in [0.1, 0.15) is 31.1 Å². The molecule has 3 aromatic carbocycles. The molecule has 0 N–H and O–H groups in total. The number of benzene rings is 3. The van der Waals surface area contributed by atoms with E-state index in [1.54, 1.807) is 48.5 Å². The van der Waals surface area contributed by atoms with E-state index in [2.05, 4.69) is 0 Å². The predicted octanol–water partition coefficient (Wildman–Crippen LogP) is 7.93. The highest BCUT2D eigenvalue weighted by Gasteiger charge is 2.62. The lowest BCUT2D eigenvalue weighted by Crippen LogP contribution is -2.14. The summed E-state index contributed by atoms with van der Waals surface area (Å²) in [4.78, 5) is 13.0.